The zero-order valence-electron chi connectivity index (χ0n) is 12.5. The second kappa shape index (κ2) is 6.71. The van der Waals surface area contributed by atoms with Crippen molar-refractivity contribution in [2.75, 3.05) is 19.7 Å². The first-order valence-corrected chi connectivity index (χ1v) is 7.78. The number of nitrogens with zero attached hydrogens (tertiary/aromatic N) is 1. The van der Waals surface area contributed by atoms with Crippen LogP contribution in [-0.2, 0) is 9.53 Å². The van der Waals surface area contributed by atoms with Gasteiger partial charge >= 0.3 is 0 Å². The molecule has 0 aromatic rings. The molecule has 0 saturated carbocycles. The third-order valence-electron chi connectivity index (χ3n) is 4.27. The normalized spacial score (nSPS) is 32.3. The van der Waals surface area contributed by atoms with Gasteiger partial charge in [-0.05, 0) is 25.7 Å². The standard InChI is InChI=1S/C15H28N2O2/c1-4-14-12(7-9-19-14)10-17-8-5-6-13(15(17)18)16-11(2)3/h11-14,16H,4-10H2,1-3H3. The molecule has 2 heterocycles. The largest absolute Gasteiger partial charge is 0.378 e. The number of likely N-dealkylation sites (tertiary alicyclic amines) is 1. The van der Waals surface area contributed by atoms with Gasteiger partial charge in [0.25, 0.3) is 0 Å². The fourth-order valence-electron chi connectivity index (χ4n) is 3.31. The van der Waals surface area contributed by atoms with E-state index in [2.05, 4.69) is 31.0 Å². The number of rotatable bonds is 5. The van der Waals surface area contributed by atoms with Crippen LogP contribution in [0.3, 0.4) is 0 Å². The molecule has 0 aromatic carbocycles. The van der Waals surface area contributed by atoms with Gasteiger partial charge in [-0.1, -0.05) is 20.8 Å². The van der Waals surface area contributed by atoms with Gasteiger partial charge < -0.3 is 15.0 Å². The Bertz CT molecular complexity index is 307. The first kappa shape index (κ1) is 14.8. The average Bonchev–Trinajstić information content (AvgIpc) is 2.81. The minimum absolute atomic E-state index is 0.0242. The van der Waals surface area contributed by atoms with E-state index in [1.807, 2.05) is 0 Å². The van der Waals surface area contributed by atoms with Crippen LogP contribution >= 0.6 is 0 Å². The van der Waals surface area contributed by atoms with Crippen LogP contribution in [0, 0.1) is 5.92 Å². The van der Waals surface area contributed by atoms with Gasteiger partial charge in [0.2, 0.25) is 5.91 Å². The summed E-state index contributed by atoms with van der Waals surface area (Å²) in [6, 6.07) is 0.392. The highest BCUT2D eigenvalue weighted by Crippen LogP contribution is 2.25. The molecule has 4 heteroatoms. The number of nitrogens with one attached hydrogen (secondary N) is 1. The van der Waals surface area contributed by atoms with Gasteiger partial charge in [0.05, 0.1) is 12.1 Å². The van der Waals surface area contributed by atoms with Gasteiger partial charge in [0.1, 0.15) is 0 Å². The molecule has 0 aromatic heterocycles. The van der Waals surface area contributed by atoms with Crippen molar-refractivity contribution >= 4 is 5.91 Å². The van der Waals surface area contributed by atoms with E-state index in [4.69, 9.17) is 4.74 Å². The average molecular weight is 268 g/mol. The van der Waals surface area contributed by atoms with E-state index in [1.165, 1.54) is 0 Å². The van der Waals surface area contributed by atoms with E-state index >= 15 is 0 Å². The lowest BCUT2D eigenvalue weighted by Gasteiger charge is -2.35. The molecule has 0 spiro atoms. The van der Waals surface area contributed by atoms with E-state index in [0.717, 1.165) is 45.4 Å². The number of ether oxygens (including phenoxy) is 1. The Labute approximate surface area is 116 Å². The molecule has 0 aliphatic carbocycles. The second-order valence-electron chi connectivity index (χ2n) is 6.17. The van der Waals surface area contributed by atoms with Crippen molar-refractivity contribution in [3.8, 4) is 0 Å². The Kier molecular flexibility index (Phi) is 5.22. The molecule has 3 unspecified atom stereocenters. The highest BCUT2D eigenvalue weighted by atomic mass is 16.5. The lowest BCUT2D eigenvalue weighted by Crippen LogP contribution is -2.53. The number of carbonyl (C=O) groups excluding carboxylic acids is 1. The predicted octanol–water partition coefficient (Wildman–Crippen LogP) is 1.79. The van der Waals surface area contributed by atoms with Gasteiger partial charge in [0.15, 0.2) is 0 Å². The summed E-state index contributed by atoms with van der Waals surface area (Å²) in [7, 11) is 0. The van der Waals surface area contributed by atoms with Crippen LogP contribution in [0.4, 0.5) is 0 Å². The summed E-state index contributed by atoms with van der Waals surface area (Å²) in [6.07, 6.45) is 4.60. The number of amides is 1. The Balaban J connectivity index is 1.90. The molecule has 19 heavy (non-hydrogen) atoms. The fourth-order valence-corrected chi connectivity index (χ4v) is 3.31. The van der Waals surface area contributed by atoms with E-state index in [-0.39, 0.29) is 6.04 Å². The summed E-state index contributed by atoms with van der Waals surface area (Å²) in [5, 5.41) is 3.39. The Morgan fingerprint density at radius 2 is 2.21 bits per heavy atom. The summed E-state index contributed by atoms with van der Waals surface area (Å²) in [6.45, 7) is 9.03. The van der Waals surface area contributed by atoms with Crippen LogP contribution in [0.1, 0.15) is 46.5 Å². The van der Waals surface area contributed by atoms with E-state index in [9.17, 15) is 4.79 Å². The van der Waals surface area contributed by atoms with Crippen LogP contribution in [-0.4, -0.2) is 48.7 Å². The molecular formula is C15H28N2O2. The van der Waals surface area contributed by atoms with Gasteiger partial charge in [-0.3, -0.25) is 4.79 Å². The molecule has 0 radical (unpaired) electrons. The number of hydrogen-bond donors (Lipinski definition) is 1. The van der Waals surface area contributed by atoms with Crippen LogP contribution in [0.2, 0.25) is 0 Å². The third kappa shape index (κ3) is 3.69. The molecule has 1 N–H and O–H groups in total. The van der Waals surface area contributed by atoms with Crippen molar-refractivity contribution in [3.63, 3.8) is 0 Å². The number of carbonyl (C=O) groups is 1. The summed E-state index contributed by atoms with van der Waals surface area (Å²) in [4.78, 5) is 14.5. The van der Waals surface area contributed by atoms with Crippen LogP contribution in [0.15, 0.2) is 0 Å². The first-order chi connectivity index (χ1) is 9.11. The summed E-state index contributed by atoms with van der Waals surface area (Å²) in [5.41, 5.74) is 0. The maximum absolute atomic E-state index is 12.5. The van der Waals surface area contributed by atoms with Crippen molar-refractivity contribution in [1.82, 2.24) is 10.2 Å². The molecule has 2 aliphatic heterocycles. The highest BCUT2D eigenvalue weighted by molar-refractivity contribution is 5.82. The molecule has 2 rings (SSSR count). The van der Waals surface area contributed by atoms with Crippen LogP contribution in [0.25, 0.3) is 0 Å². The minimum atomic E-state index is 0.0242. The molecule has 110 valence electrons. The predicted molar refractivity (Wildman–Crippen MR) is 76.0 cm³/mol. The van der Waals surface area contributed by atoms with Crippen molar-refractivity contribution < 1.29 is 9.53 Å². The SMILES string of the molecule is CCC1OCCC1CN1CCCC(NC(C)C)C1=O. The van der Waals surface area contributed by atoms with Crippen LogP contribution < -0.4 is 5.32 Å². The summed E-state index contributed by atoms with van der Waals surface area (Å²) < 4.78 is 5.73. The number of piperidine rings is 1. The van der Waals surface area contributed by atoms with Crippen molar-refractivity contribution in [2.45, 2.75) is 64.6 Å². The van der Waals surface area contributed by atoms with Gasteiger partial charge in [-0.2, -0.15) is 0 Å². The fraction of sp³-hybridized carbons (Fsp3) is 0.933. The molecule has 2 fully saturated rings. The lowest BCUT2D eigenvalue weighted by atomic mass is 9.96. The zero-order valence-corrected chi connectivity index (χ0v) is 12.5. The molecule has 4 nitrogen and oxygen atoms in total. The molecule has 0 bridgehead atoms. The Hall–Kier alpha value is -0.610. The van der Waals surface area contributed by atoms with Crippen LogP contribution in [0.5, 0.6) is 0 Å². The lowest BCUT2D eigenvalue weighted by molar-refractivity contribution is -0.137. The molecule has 3 atom stereocenters. The third-order valence-corrected chi connectivity index (χ3v) is 4.27. The molecule has 2 aliphatic rings. The smallest absolute Gasteiger partial charge is 0.239 e. The quantitative estimate of drug-likeness (QED) is 0.826. The second-order valence-corrected chi connectivity index (χ2v) is 6.17. The van der Waals surface area contributed by atoms with Gasteiger partial charge in [-0.15, -0.1) is 0 Å². The monoisotopic (exact) mass is 268 g/mol. The van der Waals surface area contributed by atoms with E-state index in [1.54, 1.807) is 0 Å². The topological polar surface area (TPSA) is 41.6 Å². The minimum Gasteiger partial charge on any atom is -0.378 e. The number of hydrogen-bond acceptors (Lipinski definition) is 3. The maximum Gasteiger partial charge on any atom is 0.239 e. The zero-order chi connectivity index (χ0) is 13.8. The van der Waals surface area contributed by atoms with Crippen molar-refractivity contribution in [3.05, 3.63) is 0 Å². The highest BCUT2D eigenvalue weighted by Gasteiger charge is 2.34. The molecular weight excluding hydrogens is 240 g/mol. The van der Waals surface area contributed by atoms with E-state index < -0.39 is 0 Å². The van der Waals surface area contributed by atoms with Crippen molar-refractivity contribution in [2.24, 2.45) is 5.92 Å². The van der Waals surface area contributed by atoms with Gasteiger partial charge in [0, 0.05) is 31.7 Å². The first-order valence-electron chi connectivity index (χ1n) is 7.78. The maximum atomic E-state index is 12.5. The summed E-state index contributed by atoms with van der Waals surface area (Å²) in [5.74, 6) is 0.827. The van der Waals surface area contributed by atoms with E-state index in [0.29, 0.717) is 24.0 Å². The van der Waals surface area contributed by atoms with Gasteiger partial charge in [-0.25, -0.2) is 0 Å². The summed E-state index contributed by atoms with van der Waals surface area (Å²) >= 11 is 0. The molecule has 2 saturated heterocycles. The Morgan fingerprint density at radius 3 is 2.89 bits per heavy atom. The van der Waals surface area contributed by atoms with Crippen molar-refractivity contribution in [1.29, 1.82) is 0 Å². The molecule has 1 amide bonds. The Morgan fingerprint density at radius 1 is 1.42 bits per heavy atom.